The van der Waals surface area contributed by atoms with Crippen LogP contribution in [0.3, 0.4) is 0 Å². The summed E-state index contributed by atoms with van der Waals surface area (Å²) in [6.07, 6.45) is -5.01. The summed E-state index contributed by atoms with van der Waals surface area (Å²) < 4.78 is 26.7. The Kier molecular flexibility index (Phi) is 7.17. The molecule has 2 fully saturated rings. The van der Waals surface area contributed by atoms with Gasteiger partial charge >= 0.3 is 29.8 Å². The van der Waals surface area contributed by atoms with Crippen molar-refractivity contribution < 1.29 is 47.7 Å². The fourth-order valence-corrected chi connectivity index (χ4v) is 3.85. The highest BCUT2D eigenvalue weighted by molar-refractivity contribution is 5.69. The molecule has 162 valence electrons. The summed E-state index contributed by atoms with van der Waals surface area (Å²) in [5.74, 6) is -3.16. The molecule has 0 aromatic rings. The molecule has 2 heterocycles. The molecule has 0 spiro atoms. The molecule has 11 nitrogen and oxygen atoms in total. The van der Waals surface area contributed by atoms with Gasteiger partial charge in [0.05, 0.1) is 6.04 Å². The van der Waals surface area contributed by atoms with E-state index in [9.17, 15) is 24.0 Å². The quantitative estimate of drug-likeness (QED) is 0.418. The molecule has 0 aromatic carbocycles. The first-order chi connectivity index (χ1) is 13.5. The van der Waals surface area contributed by atoms with Gasteiger partial charge in [-0.25, -0.2) is 0 Å². The normalized spacial score (nSPS) is 31.2. The van der Waals surface area contributed by atoms with Crippen LogP contribution in [-0.2, 0) is 47.7 Å². The van der Waals surface area contributed by atoms with Crippen LogP contribution in [0, 0.1) is 0 Å². The Labute approximate surface area is 167 Å². The Morgan fingerprint density at radius 3 is 1.31 bits per heavy atom. The van der Waals surface area contributed by atoms with Crippen LogP contribution in [0.4, 0.5) is 0 Å². The van der Waals surface area contributed by atoms with Crippen LogP contribution in [-0.4, -0.2) is 84.4 Å². The fraction of sp³-hybridized carbons (Fsp3) is 0.722. The van der Waals surface area contributed by atoms with Gasteiger partial charge in [-0.3, -0.25) is 28.9 Å². The maximum absolute atomic E-state index is 11.8. The maximum atomic E-state index is 11.8. The van der Waals surface area contributed by atoms with Gasteiger partial charge in [-0.15, -0.1) is 0 Å². The van der Waals surface area contributed by atoms with Crippen molar-refractivity contribution in [2.75, 3.05) is 13.1 Å². The zero-order valence-electron chi connectivity index (χ0n) is 16.9. The Bertz CT molecular complexity index is 692. The third-order valence-electron chi connectivity index (χ3n) is 4.52. The average molecular weight is 415 g/mol. The highest BCUT2D eigenvalue weighted by Crippen LogP contribution is 2.36. The predicted octanol–water partition coefficient (Wildman–Crippen LogP) is -0.657. The van der Waals surface area contributed by atoms with E-state index in [0.717, 1.165) is 0 Å². The van der Waals surface area contributed by atoms with Crippen LogP contribution >= 0.6 is 0 Å². The van der Waals surface area contributed by atoms with E-state index in [1.165, 1.54) is 34.6 Å². The van der Waals surface area contributed by atoms with E-state index in [1.807, 2.05) is 0 Å². The molecule has 2 aliphatic heterocycles. The molecule has 0 amide bonds. The molecule has 2 rings (SSSR count). The lowest BCUT2D eigenvalue weighted by Gasteiger charge is -2.44. The number of rotatable bonds is 5. The minimum atomic E-state index is -1.13. The first kappa shape index (κ1) is 22.6. The topological polar surface area (TPSA) is 135 Å². The van der Waals surface area contributed by atoms with E-state index in [2.05, 4.69) is 0 Å². The minimum Gasteiger partial charge on any atom is -0.457 e. The second kappa shape index (κ2) is 9.21. The number of carbonyl (C=O) groups is 5. The number of hydrogen-bond donors (Lipinski definition) is 0. The lowest BCUT2D eigenvalue weighted by molar-refractivity contribution is -0.207. The molecule has 2 saturated heterocycles. The molecule has 0 saturated carbocycles. The molecule has 0 unspecified atom stereocenters. The SMILES string of the molecule is CC(=O)O[C@@H]1[C@H](OC(C)=O)[C@@H]2[C@@H](OC(C)=O)[C@H](OC(C)=O)CN2C[C@@H]1OC(C)=O. The highest BCUT2D eigenvalue weighted by Gasteiger charge is 2.59. The maximum Gasteiger partial charge on any atom is 0.303 e. The third-order valence-corrected chi connectivity index (χ3v) is 4.52. The summed E-state index contributed by atoms with van der Waals surface area (Å²) in [5.41, 5.74) is 0. The van der Waals surface area contributed by atoms with Gasteiger partial charge in [0.1, 0.15) is 0 Å². The van der Waals surface area contributed by atoms with E-state index in [-0.39, 0.29) is 13.1 Å². The van der Waals surface area contributed by atoms with E-state index >= 15 is 0 Å². The summed E-state index contributed by atoms with van der Waals surface area (Å²) in [4.78, 5) is 59.9. The van der Waals surface area contributed by atoms with Crippen molar-refractivity contribution in [3.05, 3.63) is 0 Å². The van der Waals surface area contributed by atoms with Gasteiger partial charge in [-0.2, -0.15) is 0 Å². The molecule has 0 bridgehead atoms. The predicted molar refractivity (Wildman–Crippen MR) is 93.1 cm³/mol. The summed E-state index contributed by atoms with van der Waals surface area (Å²) in [6, 6.07) is -0.775. The summed E-state index contributed by atoms with van der Waals surface area (Å²) >= 11 is 0. The van der Waals surface area contributed by atoms with Gasteiger partial charge in [0, 0.05) is 47.7 Å². The fourth-order valence-electron chi connectivity index (χ4n) is 3.85. The average Bonchev–Trinajstić information content (AvgIpc) is 2.85. The first-order valence-corrected chi connectivity index (χ1v) is 9.09. The second-order valence-electron chi connectivity index (χ2n) is 6.96. The number of ether oxygens (including phenoxy) is 5. The number of carbonyl (C=O) groups excluding carboxylic acids is 5. The van der Waals surface area contributed by atoms with Crippen LogP contribution < -0.4 is 0 Å². The Morgan fingerprint density at radius 1 is 0.552 bits per heavy atom. The Balaban J connectivity index is 2.46. The molecule has 11 heteroatoms. The van der Waals surface area contributed by atoms with Crippen molar-refractivity contribution in [1.29, 1.82) is 0 Å². The standard InChI is InChI=1S/C18H25NO10/c1-8(20)25-13-6-19-7-14(26-9(2)21)17(28-11(4)23)18(29-12(5)24)15(19)16(13)27-10(3)22/h13-18H,6-7H2,1-5H3/t13-,14+,15+,16+,17+,18-/m1/s1. The third kappa shape index (κ3) is 5.66. The largest absolute Gasteiger partial charge is 0.457 e. The van der Waals surface area contributed by atoms with Crippen molar-refractivity contribution in [1.82, 2.24) is 4.90 Å². The lowest BCUT2D eigenvalue weighted by atomic mass is 9.91. The molecular weight excluding hydrogens is 390 g/mol. The molecule has 29 heavy (non-hydrogen) atoms. The zero-order chi connectivity index (χ0) is 21.9. The monoisotopic (exact) mass is 415 g/mol. The minimum absolute atomic E-state index is 0.0927. The van der Waals surface area contributed by atoms with Gasteiger partial charge in [-0.1, -0.05) is 0 Å². The number of hydrogen-bond acceptors (Lipinski definition) is 11. The second-order valence-corrected chi connectivity index (χ2v) is 6.96. The van der Waals surface area contributed by atoms with Gasteiger partial charge in [0.2, 0.25) is 0 Å². The van der Waals surface area contributed by atoms with Gasteiger partial charge in [0.25, 0.3) is 0 Å². The molecular formula is C18H25NO10. The molecule has 0 radical (unpaired) electrons. The molecule has 2 aliphatic rings. The van der Waals surface area contributed by atoms with Crippen LogP contribution in [0.25, 0.3) is 0 Å². The van der Waals surface area contributed by atoms with Crippen molar-refractivity contribution >= 4 is 29.8 Å². The number of fused-ring (bicyclic) bond motifs is 1. The van der Waals surface area contributed by atoms with Crippen molar-refractivity contribution in [2.45, 2.75) is 71.2 Å². The van der Waals surface area contributed by atoms with E-state index < -0.39 is 66.4 Å². The van der Waals surface area contributed by atoms with E-state index in [0.29, 0.717) is 0 Å². The highest BCUT2D eigenvalue weighted by atomic mass is 16.6. The van der Waals surface area contributed by atoms with Gasteiger partial charge < -0.3 is 23.7 Å². The van der Waals surface area contributed by atoms with Gasteiger partial charge in [-0.05, 0) is 0 Å². The molecule has 0 N–H and O–H groups in total. The summed E-state index contributed by atoms with van der Waals surface area (Å²) in [6.45, 7) is 6.19. The van der Waals surface area contributed by atoms with Crippen LogP contribution in [0.5, 0.6) is 0 Å². The van der Waals surface area contributed by atoms with E-state index in [4.69, 9.17) is 23.7 Å². The molecule has 0 aromatic heterocycles. The number of nitrogens with zero attached hydrogens (tertiary/aromatic N) is 1. The Morgan fingerprint density at radius 2 is 0.897 bits per heavy atom. The molecule has 6 atom stereocenters. The van der Waals surface area contributed by atoms with Crippen LogP contribution in [0.2, 0.25) is 0 Å². The molecule has 0 aliphatic carbocycles. The van der Waals surface area contributed by atoms with E-state index in [1.54, 1.807) is 4.90 Å². The van der Waals surface area contributed by atoms with Crippen LogP contribution in [0.1, 0.15) is 34.6 Å². The lowest BCUT2D eigenvalue weighted by Crippen LogP contribution is -2.64. The van der Waals surface area contributed by atoms with Crippen molar-refractivity contribution in [2.24, 2.45) is 0 Å². The van der Waals surface area contributed by atoms with Gasteiger partial charge in [0.15, 0.2) is 30.5 Å². The smallest absolute Gasteiger partial charge is 0.303 e. The van der Waals surface area contributed by atoms with Crippen molar-refractivity contribution in [3.8, 4) is 0 Å². The zero-order valence-corrected chi connectivity index (χ0v) is 16.9. The summed E-state index contributed by atoms with van der Waals surface area (Å²) in [5, 5.41) is 0. The van der Waals surface area contributed by atoms with Crippen LogP contribution in [0.15, 0.2) is 0 Å². The van der Waals surface area contributed by atoms with Crippen molar-refractivity contribution in [3.63, 3.8) is 0 Å². The Hall–Kier alpha value is -2.69. The number of piperidine rings is 1. The summed E-state index contributed by atoms with van der Waals surface area (Å²) in [7, 11) is 0. The first-order valence-electron chi connectivity index (χ1n) is 9.09. The number of esters is 5.